The Bertz CT molecular complexity index is 1790. The molecule has 16 heteroatoms. The Morgan fingerprint density at radius 1 is 0.391 bits per heavy atom. The van der Waals surface area contributed by atoms with Gasteiger partial charge >= 0.3 is 23.9 Å². The van der Waals surface area contributed by atoms with E-state index in [9.17, 15) is 28.8 Å². The highest BCUT2D eigenvalue weighted by atomic mass is 32.2. The summed E-state index contributed by atoms with van der Waals surface area (Å²) in [4.78, 5) is 84.6. The number of hydrogen-bond donors (Lipinski definition) is 1. The maximum Gasteiger partial charge on any atom is 0.325 e. The Morgan fingerprint density at radius 2 is 0.772 bits per heavy atom. The van der Waals surface area contributed by atoms with E-state index in [-0.39, 0.29) is 85.6 Å². The van der Waals surface area contributed by atoms with Crippen LogP contribution in [0.3, 0.4) is 0 Å². The fraction of sp³-hybridized carbons (Fsp3) is 0.868. The van der Waals surface area contributed by atoms with Crippen LogP contribution in [-0.2, 0) is 38.1 Å². The number of amides is 2. The molecule has 92 heavy (non-hydrogen) atoms. The molecule has 0 aromatic heterocycles. The third-order valence-electron chi connectivity index (χ3n) is 17.2. The van der Waals surface area contributed by atoms with Crippen molar-refractivity contribution in [1.29, 1.82) is 0 Å². The SMILES string of the molecule is CCCCCC/C=C\COC(=O)CCCN(CCCC(=O)OC(CCCCCCC)CCCCCCCC(C)CCCC/C=C\COC(=O)CCCN(CC(=O)OC(CCCCCCC)CCCCCCC)C(=O)SCCCNCC)C(=O)SCCCN(CC)CC. The molecule has 538 valence electrons. The molecule has 0 aromatic carbocycles. The summed E-state index contributed by atoms with van der Waals surface area (Å²) >= 11 is 2.57. The van der Waals surface area contributed by atoms with E-state index in [0.29, 0.717) is 50.6 Å². The summed E-state index contributed by atoms with van der Waals surface area (Å²) in [6.45, 7) is 23.9. The first kappa shape index (κ1) is 88.9. The van der Waals surface area contributed by atoms with Crippen molar-refractivity contribution < 1.29 is 47.7 Å². The summed E-state index contributed by atoms with van der Waals surface area (Å²) in [5.74, 6) is 0.996. The first-order valence-corrected chi connectivity index (χ1v) is 40.1. The lowest BCUT2D eigenvalue weighted by molar-refractivity contribution is -0.151. The van der Waals surface area contributed by atoms with E-state index >= 15 is 0 Å². The van der Waals surface area contributed by atoms with E-state index < -0.39 is 0 Å². The van der Waals surface area contributed by atoms with Crippen LogP contribution in [0.5, 0.6) is 0 Å². The minimum Gasteiger partial charge on any atom is -0.462 e. The average molecular weight is 1340 g/mol. The van der Waals surface area contributed by atoms with Crippen molar-refractivity contribution >= 4 is 57.9 Å². The molecular formula is C76H142N4O10S2. The van der Waals surface area contributed by atoms with Crippen molar-refractivity contribution in [2.45, 2.75) is 337 Å². The second-order valence-electron chi connectivity index (χ2n) is 25.8. The molecule has 0 bridgehead atoms. The zero-order chi connectivity index (χ0) is 67.6. The van der Waals surface area contributed by atoms with Crippen molar-refractivity contribution in [2.24, 2.45) is 5.92 Å². The number of unbranched alkanes of at least 4 members (excludes halogenated alkanes) is 22. The fourth-order valence-corrected chi connectivity index (χ4v) is 12.9. The van der Waals surface area contributed by atoms with Crippen LogP contribution in [0.2, 0.25) is 0 Å². The molecule has 0 aliphatic heterocycles. The molecule has 2 amide bonds. The van der Waals surface area contributed by atoms with Crippen LogP contribution in [0.4, 0.5) is 9.59 Å². The highest BCUT2D eigenvalue weighted by Gasteiger charge is 2.23. The molecule has 0 aliphatic carbocycles. The van der Waals surface area contributed by atoms with Gasteiger partial charge in [-0.2, -0.15) is 0 Å². The summed E-state index contributed by atoms with van der Waals surface area (Å²) in [6, 6.07) is 0. The second-order valence-corrected chi connectivity index (χ2v) is 27.9. The number of thioether (sulfide) groups is 2. The van der Waals surface area contributed by atoms with Crippen LogP contribution < -0.4 is 5.32 Å². The van der Waals surface area contributed by atoms with Crippen molar-refractivity contribution in [3.8, 4) is 0 Å². The van der Waals surface area contributed by atoms with Gasteiger partial charge in [0, 0.05) is 50.4 Å². The van der Waals surface area contributed by atoms with Crippen LogP contribution in [-0.4, -0.2) is 145 Å². The van der Waals surface area contributed by atoms with E-state index in [0.717, 1.165) is 154 Å². The molecule has 0 aromatic rings. The Labute approximate surface area is 573 Å². The summed E-state index contributed by atoms with van der Waals surface area (Å²) in [7, 11) is 0. The van der Waals surface area contributed by atoms with Gasteiger partial charge in [0.15, 0.2) is 0 Å². The van der Waals surface area contributed by atoms with Gasteiger partial charge in [0.1, 0.15) is 32.0 Å². The highest BCUT2D eigenvalue weighted by Crippen LogP contribution is 2.23. The molecular weight excluding hydrogens is 1190 g/mol. The predicted molar refractivity (Wildman–Crippen MR) is 391 cm³/mol. The molecule has 0 saturated carbocycles. The second kappa shape index (κ2) is 67.9. The van der Waals surface area contributed by atoms with Crippen molar-refractivity contribution in [1.82, 2.24) is 20.0 Å². The van der Waals surface area contributed by atoms with Crippen LogP contribution >= 0.6 is 23.5 Å². The third-order valence-corrected chi connectivity index (χ3v) is 19.2. The maximum absolute atomic E-state index is 13.5. The molecule has 14 nitrogen and oxygen atoms in total. The van der Waals surface area contributed by atoms with Crippen molar-refractivity contribution in [3.05, 3.63) is 24.3 Å². The Hall–Kier alpha value is -3.08. The van der Waals surface area contributed by atoms with E-state index in [1.165, 1.54) is 139 Å². The molecule has 2 atom stereocenters. The van der Waals surface area contributed by atoms with Crippen LogP contribution in [0.1, 0.15) is 325 Å². The number of nitrogens with one attached hydrogen (secondary N) is 1. The van der Waals surface area contributed by atoms with Gasteiger partial charge in [-0.1, -0.05) is 244 Å². The van der Waals surface area contributed by atoms with E-state index in [4.69, 9.17) is 18.9 Å². The normalized spacial score (nSPS) is 12.3. The highest BCUT2D eigenvalue weighted by molar-refractivity contribution is 8.13. The van der Waals surface area contributed by atoms with Crippen LogP contribution in [0.15, 0.2) is 24.3 Å². The number of carbonyl (C=O) groups excluding carboxylic acids is 6. The molecule has 0 spiro atoms. The van der Waals surface area contributed by atoms with Gasteiger partial charge in [0.25, 0.3) is 10.5 Å². The standard InChI is InChI=1S/C76H142N4O10S2/c1-9-16-20-24-25-34-42-63-87-71(81)55-44-60-79(75(85)92-66-48-59-78(14-6)15-7)61-46-57-73(83)89-69(51-38-28-21-17-10-2)52-41-33-26-31-36-49-68(8)50-37-32-27-35-43-64-88-72(82)56-45-62-80(76(86)91-65-47-58-77-13-5)67-74(84)90-70(53-39-29-22-18-11-3)54-40-30-23-19-12-4/h34-35,42-43,68-70,77H,9-33,36-41,44-67H2,1-8H3/b42-34-,43-35-. The fourth-order valence-electron chi connectivity index (χ4n) is 11.3. The first-order chi connectivity index (χ1) is 44.9. The first-order valence-electron chi connectivity index (χ1n) is 38.1. The van der Waals surface area contributed by atoms with Gasteiger partial charge in [-0.25, -0.2) is 0 Å². The number of hydrogen-bond acceptors (Lipinski definition) is 14. The monoisotopic (exact) mass is 1340 g/mol. The number of carbonyl (C=O) groups is 6. The summed E-state index contributed by atoms with van der Waals surface area (Å²) in [5.41, 5.74) is 0. The zero-order valence-corrected chi connectivity index (χ0v) is 62.3. The molecule has 0 heterocycles. The molecule has 0 rings (SSSR count). The maximum atomic E-state index is 13.5. The van der Waals surface area contributed by atoms with Crippen LogP contribution in [0.25, 0.3) is 0 Å². The summed E-state index contributed by atoms with van der Waals surface area (Å²) < 4.78 is 23.2. The minimum absolute atomic E-state index is 0.00811. The number of nitrogens with zero attached hydrogens (tertiary/aromatic N) is 3. The molecule has 0 fully saturated rings. The average Bonchev–Trinajstić information content (AvgIpc) is 2.59. The minimum atomic E-state index is -0.358. The van der Waals surface area contributed by atoms with Gasteiger partial charge in [0.05, 0.1) is 0 Å². The zero-order valence-electron chi connectivity index (χ0n) is 60.7. The topological polar surface area (TPSA) is 161 Å². The van der Waals surface area contributed by atoms with Gasteiger partial charge in [-0.3, -0.25) is 28.8 Å². The predicted octanol–water partition coefficient (Wildman–Crippen LogP) is 20.4. The van der Waals surface area contributed by atoms with Crippen LogP contribution in [0, 0.1) is 5.92 Å². The number of esters is 4. The number of rotatable bonds is 67. The molecule has 0 aliphatic rings. The third kappa shape index (κ3) is 58.3. The van der Waals surface area contributed by atoms with E-state index in [2.05, 4.69) is 77.8 Å². The van der Waals surface area contributed by atoms with E-state index in [1.807, 2.05) is 17.1 Å². The smallest absolute Gasteiger partial charge is 0.325 e. The molecule has 0 radical (unpaired) electrons. The quantitative estimate of drug-likeness (QED) is 0.0265. The molecule has 0 saturated heterocycles. The Morgan fingerprint density at radius 3 is 1.24 bits per heavy atom. The van der Waals surface area contributed by atoms with Crippen molar-refractivity contribution in [2.75, 3.05) is 83.6 Å². The lowest BCUT2D eigenvalue weighted by atomic mass is 9.96. The largest absolute Gasteiger partial charge is 0.462 e. The molecule has 2 unspecified atom stereocenters. The Balaban J connectivity index is 4.88. The summed E-state index contributed by atoms with van der Waals surface area (Å²) in [6.07, 6.45) is 50.2. The Kier molecular flexibility index (Phi) is 65.6. The van der Waals surface area contributed by atoms with Gasteiger partial charge < -0.3 is 39.0 Å². The lowest BCUT2D eigenvalue weighted by Crippen LogP contribution is -2.36. The molecule has 1 N–H and O–H groups in total. The van der Waals surface area contributed by atoms with Gasteiger partial charge in [-0.05, 0) is 148 Å². The van der Waals surface area contributed by atoms with Gasteiger partial charge in [-0.15, -0.1) is 0 Å². The van der Waals surface area contributed by atoms with Crippen molar-refractivity contribution in [3.63, 3.8) is 0 Å². The van der Waals surface area contributed by atoms with Gasteiger partial charge in [0.2, 0.25) is 0 Å². The summed E-state index contributed by atoms with van der Waals surface area (Å²) in [5, 5.41) is 3.16. The number of ether oxygens (including phenoxy) is 4. The van der Waals surface area contributed by atoms with E-state index in [1.54, 1.807) is 4.90 Å². The lowest BCUT2D eigenvalue weighted by Gasteiger charge is -2.24. The number of allylic oxidation sites excluding steroid dienone is 2.